The molecule has 0 atom stereocenters. The minimum Gasteiger partial charge on any atom is -0.373 e. The Morgan fingerprint density at radius 1 is 1.58 bits per heavy atom. The topological polar surface area (TPSA) is 64.5 Å². The first kappa shape index (κ1) is 11.4. The molecule has 0 saturated carbocycles. The Morgan fingerprint density at radius 3 is 2.33 bits per heavy atom. The van der Waals surface area contributed by atoms with Crippen LogP contribution in [0.2, 0.25) is 0 Å². The van der Waals surface area contributed by atoms with Crippen molar-refractivity contribution in [3.8, 4) is 0 Å². The molecule has 0 bridgehead atoms. The number of nitrogens with two attached hydrogens (primary N) is 2. The van der Waals surface area contributed by atoms with Crippen LogP contribution in [0, 0.1) is 0 Å². The van der Waals surface area contributed by atoms with E-state index in [-0.39, 0.29) is 5.60 Å². The van der Waals surface area contributed by atoms with E-state index in [2.05, 4.69) is 0 Å². The highest BCUT2D eigenvalue weighted by Gasteiger charge is 2.23. The van der Waals surface area contributed by atoms with Crippen molar-refractivity contribution in [1.82, 2.24) is 5.01 Å². The van der Waals surface area contributed by atoms with Crippen LogP contribution in [-0.4, -0.2) is 31.3 Å². The van der Waals surface area contributed by atoms with Crippen LogP contribution in [0.25, 0.3) is 0 Å². The van der Waals surface area contributed by atoms with Crippen molar-refractivity contribution >= 4 is 0 Å². The zero-order valence-corrected chi connectivity index (χ0v) is 8.29. The number of rotatable bonds is 4. The van der Waals surface area contributed by atoms with Gasteiger partial charge in [-0.25, -0.2) is 5.84 Å². The highest BCUT2D eigenvalue weighted by atomic mass is 16.5. The van der Waals surface area contributed by atoms with Gasteiger partial charge in [0.25, 0.3) is 0 Å². The Morgan fingerprint density at radius 2 is 2.08 bits per heavy atom. The lowest BCUT2D eigenvalue weighted by atomic mass is 10.0. The van der Waals surface area contributed by atoms with Gasteiger partial charge in [0.2, 0.25) is 0 Å². The summed E-state index contributed by atoms with van der Waals surface area (Å²) in [5.41, 5.74) is 5.90. The van der Waals surface area contributed by atoms with Crippen molar-refractivity contribution in [2.75, 3.05) is 20.7 Å². The second-order valence-electron chi connectivity index (χ2n) is 3.15. The minimum absolute atomic E-state index is 0.386. The maximum absolute atomic E-state index is 5.61. The molecule has 0 aromatic rings. The zero-order valence-electron chi connectivity index (χ0n) is 8.29. The van der Waals surface area contributed by atoms with Crippen molar-refractivity contribution in [2.24, 2.45) is 11.6 Å². The summed E-state index contributed by atoms with van der Waals surface area (Å²) < 4.78 is 5.27. The van der Waals surface area contributed by atoms with Crippen LogP contribution in [0.15, 0.2) is 11.8 Å². The summed E-state index contributed by atoms with van der Waals surface area (Å²) in [6.07, 6.45) is 1.85. The lowest BCUT2D eigenvalue weighted by Gasteiger charge is -2.31. The standard InChI is InChI=1S/C8H19N3O/c1-8(2,12-4)7(5-6-9)11(3)10/h5H,6,9-10H2,1-4H3/b7-5-. The van der Waals surface area contributed by atoms with Gasteiger partial charge in [0.15, 0.2) is 0 Å². The normalized spacial score (nSPS) is 13.3. The first-order valence-corrected chi connectivity index (χ1v) is 3.90. The second-order valence-corrected chi connectivity index (χ2v) is 3.15. The van der Waals surface area contributed by atoms with Gasteiger partial charge in [-0.1, -0.05) is 0 Å². The third-order valence-electron chi connectivity index (χ3n) is 1.82. The Kier molecular flexibility index (Phi) is 4.23. The fraction of sp³-hybridized carbons (Fsp3) is 0.750. The molecule has 0 aliphatic rings. The molecular formula is C8H19N3O. The van der Waals surface area contributed by atoms with Gasteiger partial charge in [0.05, 0.1) is 5.70 Å². The summed E-state index contributed by atoms with van der Waals surface area (Å²) in [5.74, 6) is 5.61. The van der Waals surface area contributed by atoms with E-state index in [9.17, 15) is 0 Å². The third-order valence-corrected chi connectivity index (χ3v) is 1.82. The van der Waals surface area contributed by atoms with E-state index in [1.54, 1.807) is 14.2 Å². The van der Waals surface area contributed by atoms with Gasteiger partial charge in [-0.15, -0.1) is 0 Å². The molecule has 0 aliphatic heterocycles. The van der Waals surface area contributed by atoms with E-state index in [1.807, 2.05) is 19.9 Å². The fourth-order valence-corrected chi connectivity index (χ4v) is 1.03. The molecule has 0 heterocycles. The highest BCUT2D eigenvalue weighted by molar-refractivity contribution is 5.12. The fourth-order valence-electron chi connectivity index (χ4n) is 1.03. The predicted octanol–water partition coefficient (Wildman–Crippen LogP) is 0.0595. The Balaban J connectivity index is 4.62. The Hall–Kier alpha value is -0.580. The molecule has 72 valence electrons. The average Bonchev–Trinajstić information content (AvgIpc) is 1.99. The van der Waals surface area contributed by atoms with E-state index >= 15 is 0 Å². The Labute approximate surface area is 74.1 Å². The number of methoxy groups -OCH3 is 1. The van der Waals surface area contributed by atoms with Crippen molar-refractivity contribution in [3.63, 3.8) is 0 Å². The van der Waals surface area contributed by atoms with Gasteiger partial charge in [-0.2, -0.15) is 0 Å². The van der Waals surface area contributed by atoms with Gasteiger partial charge in [0.1, 0.15) is 5.60 Å². The van der Waals surface area contributed by atoms with Gasteiger partial charge in [0, 0.05) is 20.7 Å². The number of hydrazine groups is 1. The van der Waals surface area contributed by atoms with Crippen molar-refractivity contribution in [1.29, 1.82) is 0 Å². The van der Waals surface area contributed by atoms with E-state index in [4.69, 9.17) is 16.3 Å². The molecule has 12 heavy (non-hydrogen) atoms. The molecule has 4 nitrogen and oxygen atoms in total. The van der Waals surface area contributed by atoms with Crippen LogP contribution in [0.1, 0.15) is 13.8 Å². The molecule has 0 rings (SSSR count). The van der Waals surface area contributed by atoms with Crippen LogP contribution in [0.5, 0.6) is 0 Å². The summed E-state index contributed by atoms with van der Waals surface area (Å²) in [6.45, 7) is 4.35. The van der Waals surface area contributed by atoms with Gasteiger partial charge < -0.3 is 15.5 Å². The zero-order chi connectivity index (χ0) is 9.78. The smallest absolute Gasteiger partial charge is 0.103 e. The lowest BCUT2D eigenvalue weighted by molar-refractivity contribution is 0.0325. The molecule has 4 N–H and O–H groups in total. The van der Waals surface area contributed by atoms with E-state index in [1.165, 1.54) is 5.01 Å². The van der Waals surface area contributed by atoms with Crippen LogP contribution in [-0.2, 0) is 4.74 Å². The van der Waals surface area contributed by atoms with Crippen molar-refractivity contribution in [2.45, 2.75) is 19.4 Å². The quantitative estimate of drug-likeness (QED) is 0.466. The minimum atomic E-state index is -0.386. The molecule has 0 amide bonds. The van der Waals surface area contributed by atoms with E-state index in [0.29, 0.717) is 6.54 Å². The molecule has 0 unspecified atom stereocenters. The predicted molar refractivity (Wildman–Crippen MR) is 50.2 cm³/mol. The summed E-state index contributed by atoms with van der Waals surface area (Å²) in [5, 5.41) is 1.52. The molecule has 0 aromatic heterocycles. The van der Waals surface area contributed by atoms with Gasteiger partial charge >= 0.3 is 0 Å². The van der Waals surface area contributed by atoms with Gasteiger partial charge in [-0.05, 0) is 19.9 Å². The van der Waals surface area contributed by atoms with E-state index in [0.717, 1.165) is 5.70 Å². The summed E-state index contributed by atoms with van der Waals surface area (Å²) in [7, 11) is 3.41. The molecule has 0 fully saturated rings. The molecule has 0 radical (unpaired) electrons. The molecular weight excluding hydrogens is 154 g/mol. The van der Waals surface area contributed by atoms with Crippen LogP contribution in [0.4, 0.5) is 0 Å². The maximum atomic E-state index is 5.61. The molecule has 0 aliphatic carbocycles. The second kappa shape index (κ2) is 4.45. The summed E-state index contributed by atoms with van der Waals surface area (Å²) in [6, 6.07) is 0. The summed E-state index contributed by atoms with van der Waals surface area (Å²) in [4.78, 5) is 0. The van der Waals surface area contributed by atoms with Gasteiger partial charge in [-0.3, -0.25) is 0 Å². The monoisotopic (exact) mass is 173 g/mol. The highest BCUT2D eigenvalue weighted by Crippen LogP contribution is 2.19. The molecule has 4 heteroatoms. The first-order chi connectivity index (χ1) is 5.45. The maximum Gasteiger partial charge on any atom is 0.103 e. The molecule has 0 spiro atoms. The number of ether oxygens (including phenoxy) is 1. The number of hydrogen-bond donors (Lipinski definition) is 2. The average molecular weight is 173 g/mol. The van der Waals surface area contributed by atoms with Crippen LogP contribution >= 0.6 is 0 Å². The number of nitrogens with zero attached hydrogens (tertiary/aromatic N) is 1. The Bertz CT molecular complexity index is 164. The first-order valence-electron chi connectivity index (χ1n) is 3.90. The van der Waals surface area contributed by atoms with E-state index < -0.39 is 0 Å². The third kappa shape index (κ3) is 2.81. The van der Waals surface area contributed by atoms with Crippen molar-refractivity contribution < 1.29 is 4.74 Å². The number of hydrogen-bond acceptors (Lipinski definition) is 4. The summed E-state index contributed by atoms with van der Waals surface area (Å²) >= 11 is 0. The molecule has 0 aromatic carbocycles. The van der Waals surface area contributed by atoms with Crippen LogP contribution < -0.4 is 11.6 Å². The lowest BCUT2D eigenvalue weighted by Crippen LogP contribution is -2.39. The molecule has 0 saturated heterocycles. The SMILES string of the molecule is COC(C)(C)/C(=C/CN)N(C)N. The number of likely N-dealkylation sites (N-methyl/N-ethyl adjacent to an activating group) is 1. The van der Waals surface area contributed by atoms with Crippen LogP contribution in [0.3, 0.4) is 0 Å². The van der Waals surface area contributed by atoms with Crippen molar-refractivity contribution in [3.05, 3.63) is 11.8 Å². The largest absolute Gasteiger partial charge is 0.373 e.